The van der Waals surface area contributed by atoms with E-state index in [0.29, 0.717) is 45.7 Å². The lowest BCUT2D eigenvalue weighted by atomic mass is 9.96. The summed E-state index contributed by atoms with van der Waals surface area (Å²) in [5, 5.41) is 0. The summed E-state index contributed by atoms with van der Waals surface area (Å²) in [7, 11) is 1.31. The summed E-state index contributed by atoms with van der Waals surface area (Å²) in [6, 6.07) is 12.6. The van der Waals surface area contributed by atoms with Crippen LogP contribution in [0.1, 0.15) is 35.7 Å². The van der Waals surface area contributed by atoms with E-state index in [1.807, 2.05) is 37.3 Å². The van der Waals surface area contributed by atoms with Gasteiger partial charge in [0, 0.05) is 58.3 Å². The van der Waals surface area contributed by atoms with Crippen LogP contribution in [0.15, 0.2) is 36.4 Å². The fraction of sp³-hybridized carbons (Fsp3) is 0.519. The summed E-state index contributed by atoms with van der Waals surface area (Å²) >= 11 is 2.08. The molecule has 0 radical (unpaired) electrons. The standard InChI is InChI=1S/C27H36INO6S/c1-3-29(25-8-10-31-11-9-25)27-19-23(18-24(20-30)21(27)2)22-4-6-26(7-5-22)34-16-14-32-12-13-33-15-17-35-36-28/h4-7,18-20,25H,3,8-17H2,1-2H3. The van der Waals surface area contributed by atoms with Gasteiger partial charge in [0.2, 0.25) is 0 Å². The minimum atomic E-state index is 0.427. The molecule has 1 fully saturated rings. The second-order valence-corrected chi connectivity index (χ2v) is 9.88. The third kappa shape index (κ3) is 8.88. The molecule has 0 unspecified atom stereocenters. The van der Waals surface area contributed by atoms with E-state index in [0.717, 1.165) is 72.6 Å². The van der Waals surface area contributed by atoms with E-state index in [2.05, 4.69) is 39.1 Å². The normalized spacial score (nSPS) is 14.1. The first-order valence-electron chi connectivity index (χ1n) is 12.4. The number of anilines is 1. The largest absolute Gasteiger partial charge is 0.491 e. The Labute approximate surface area is 230 Å². The number of nitrogens with zero attached hydrogens (tertiary/aromatic N) is 1. The Balaban J connectivity index is 1.56. The molecule has 2 aromatic carbocycles. The van der Waals surface area contributed by atoms with Crippen molar-refractivity contribution in [3.63, 3.8) is 0 Å². The minimum Gasteiger partial charge on any atom is -0.491 e. The molecule has 0 saturated carbocycles. The molecule has 7 nitrogen and oxygen atoms in total. The van der Waals surface area contributed by atoms with Crippen LogP contribution in [0.3, 0.4) is 0 Å². The molecule has 1 heterocycles. The molecule has 1 saturated heterocycles. The number of rotatable bonds is 16. The third-order valence-electron chi connectivity index (χ3n) is 6.24. The van der Waals surface area contributed by atoms with Crippen LogP contribution in [-0.2, 0) is 18.4 Å². The zero-order valence-electron chi connectivity index (χ0n) is 21.1. The van der Waals surface area contributed by atoms with Crippen molar-refractivity contribution in [1.29, 1.82) is 0 Å². The van der Waals surface area contributed by atoms with Crippen molar-refractivity contribution >= 4 is 42.4 Å². The van der Waals surface area contributed by atoms with E-state index in [4.69, 9.17) is 23.1 Å². The Morgan fingerprint density at radius 3 is 2.31 bits per heavy atom. The number of carbonyl (C=O) groups excluding carboxylic acids is 1. The van der Waals surface area contributed by atoms with E-state index in [-0.39, 0.29) is 0 Å². The highest BCUT2D eigenvalue weighted by Gasteiger charge is 2.23. The SMILES string of the molecule is CCN(c1cc(-c2ccc(OCCOCCOCCOSI)cc2)cc(C=O)c1C)C1CCOCC1. The lowest BCUT2D eigenvalue weighted by molar-refractivity contribution is 0.0293. The molecular weight excluding hydrogens is 593 g/mol. The Hall–Kier alpha value is -1.37. The van der Waals surface area contributed by atoms with Gasteiger partial charge in [-0.15, -0.1) is 0 Å². The van der Waals surface area contributed by atoms with Crippen LogP contribution < -0.4 is 9.64 Å². The quantitative estimate of drug-likeness (QED) is 0.0984. The Kier molecular flexibility index (Phi) is 13.4. The zero-order valence-corrected chi connectivity index (χ0v) is 24.1. The first kappa shape index (κ1) is 29.2. The van der Waals surface area contributed by atoms with Gasteiger partial charge in [-0.2, -0.15) is 0 Å². The van der Waals surface area contributed by atoms with Crippen molar-refractivity contribution < 1.29 is 27.9 Å². The molecule has 0 aromatic heterocycles. The molecule has 2 aromatic rings. The number of aldehydes is 1. The second kappa shape index (κ2) is 16.5. The van der Waals surface area contributed by atoms with Crippen LogP contribution in [0, 0.1) is 6.92 Å². The molecule has 0 spiro atoms. The van der Waals surface area contributed by atoms with E-state index >= 15 is 0 Å². The molecule has 3 rings (SSSR count). The van der Waals surface area contributed by atoms with Gasteiger partial charge in [-0.3, -0.25) is 4.79 Å². The lowest BCUT2D eigenvalue weighted by Crippen LogP contribution is -2.40. The van der Waals surface area contributed by atoms with Gasteiger partial charge in [0.05, 0.1) is 42.2 Å². The van der Waals surface area contributed by atoms with Crippen molar-refractivity contribution in [2.24, 2.45) is 0 Å². The minimum absolute atomic E-state index is 0.427. The molecule has 1 aliphatic rings. The van der Waals surface area contributed by atoms with E-state index in [1.54, 1.807) is 0 Å². The summed E-state index contributed by atoms with van der Waals surface area (Å²) in [6.45, 7) is 9.82. The fourth-order valence-corrected chi connectivity index (χ4v) is 5.01. The van der Waals surface area contributed by atoms with Gasteiger partial charge >= 0.3 is 0 Å². The van der Waals surface area contributed by atoms with E-state index in [1.165, 1.54) is 9.21 Å². The maximum absolute atomic E-state index is 11.9. The van der Waals surface area contributed by atoms with Gasteiger partial charge < -0.3 is 28.0 Å². The van der Waals surface area contributed by atoms with Crippen LogP contribution in [0.25, 0.3) is 11.1 Å². The topological polar surface area (TPSA) is 66.5 Å². The molecule has 0 aliphatic carbocycles. The van der Waals surface area contributed by atoms with Crippen molar-refractivity contribution in [2.75, 3.05) is 64.3 Å². The molecule has 9 heteroatoms. The molecule has 0 N–H and O–H groups in total. The number of carbonyl (C=O) groups is 1. The van der Waals surface area contributed by atoms with Crippen LogP contribution >= 0.6 is 30.4 Å². The average molecular weight is 630 g/mol. The fourth-order valence-electron chi connectivity index (χ4n) is 4.34. The highest BCUT2D eigenvalue weighted by atomic mass is 127. The van der Waals surface area contributed by atoms with Crippen molar-refractivity contribution in [3.05, 3.63) is 47.5 Å². The Morgan fingerprint density at radius 2 is 1.67 bits per heavy atom. The molecule has 1 aliphatic heterocycles. The smallest absolute Gasteiger partial charge is 0.150 e. The van der Waals surface area contributed by atoms with E-state index < -0.39 is 0 Å². The summed E-state index contributed by atoms with van der Waals surface area (Å²) in [5.41, 5.74) is 4.96. The van der Waals surface area contributed by atoms with E-state index in [9.17, 15) is 4.79 Å². The maximum Gasteiger partial charge on any atom is 0.150 e. The zero-order chi connectivity index (χ0) is 25.6. The summed E-state index contributed by atoms with van der Waals surface area (Å²) in [5.74, 6) is 0.785. The second-order valence-electron chi connectivity index (χ2n) is 8.44. The Morgan fingerprint density at radius 1 is 1.00 bits per heavy atom. The summed E-state index contributed by atoms with van der Waals surface area (Å²) in [6.07, 6.45) is 2.97. The van der Waals surface area contributed by atoms with Gasteiger partial charge in [-0.1, -0.05) is 12.1 Å². The van der Waals surface area contributed by atoms with Gasteiger partial charge in [0.25, 0.3) is 0 Å². The molecule has 198 valence electrons. The highest BCUT2D eigenvalue weighted by Crippen LogP contribution is 2.33. The first-order chi connectivity index (χ1) is 17.7. The number of hydrogen-bond donors (Lipinski definition) is 0. The monoisotopic (exact) mass is 629 g/mol. The highest BCUT2D eigenvalue weighted by molar-refractivity contribution is 14.2. The van der Waals surface area contributed by atoms with Crippen LogP contribution in [-0.4, -0.2) is 71.7 Å². The number of ether oxygens (including phenoxy) is 4. The van der Waals surface area contributed by atoms with Crippen LogP contribution in [0.4, 0.5) is 5.69 Å². The molecule has 0 amide bonds. The predicted molar refractivity (Wildman–Crippen MR) is 154 cm³/mol. The molecule has 36 heavy (non-hydrogen) atoms. The molecule has 0 bridgehead atoms. The van der Waals surface area contributed by atoms with Gasteiger partial charge in [0.15, 0.2) is 0 Å². The van der Waals surface area contributed by atoms with Crippen molar-refractivity contribution in [2.45, 2.75) is 32.7 Å². The van der Waals surface area contributed by atoms with Gasteiger partial charge in [-0.05, 0) is 67.6 Å². The first-order valence-corrected chi connectivity index (χ1v) is 15.7. The number of halogens is 1. The predicted octanol–water partition coefficient (Wildman–Crippen LogP) is 5.91. The van der Waals surface area contributed by atoms with Crippen LogP contribution in [0.2, 0.25) is 0 Å². The number of hydrogen-bond acceptors (Lipinski definition) is 8. The summed E-state index contributed by atoms with van der Waals surface area (Å²) < 4.78 is 27.5. The average Bonchev–Trinajstić information content (AvgIpc) is 2.92. The van der Waals surface area contributed by atoms with Crippen molar-refractivity contribution in [1.82, 2.24) is 0 Å². The van der Waals surface area contributed by atoms with Crippen LogP contribution in [0.5, 0.6) is 5.75 Å². The van der Waals surface area contributed by atoms with Gasteiger partial charge in [-0.25, -0.2) is 0 Å². The molecular formula is C27H36INO6S. The number of benzene rings is 2. The summed E-state index contributed by atoms with van der Waals surface area (Å²) in [4.78, 5) is 14.3. The van der Waals surface area contributed by atoms with Crippen molar-refractivity contribution in [3.8, 4) is 16.9 Å². The maximum atomic E-state index is 11.9. The van der Waals surface area contributed by atoms with Gasteiger partial charge in [0.1, 0.15) is 18.6 Å². The lowest BCUT2D eigenvalue weighted by Gasteiger charge is -2.36. The Bertz CT molecular complexity index is 923. The third-order valence-corrected chi connectivity index (χ3v) is 7.26. The molecule has 0 atom stereocenters.